The van der Waals surface area contributed by atoms with Crippen LogP contribution in [0.3, 0.4) is 0 Å². The van der Waals surface area contributed by atoms with Crippen LogP contribution in [0.25, 0.3) is 0 Å². The normalized spacial score (nSPS) is 9.89. The maximum atomic E-state index is 11.1. The number of carbonyl (C=O) groups excluding carboxylic acids is 1. The quantitative estimate of drug-likeness (QED) is 0.696. The molecule has 1 aromatic rings. The number of rotatable bonds is 7. The minimum absolute atomic E-state index is 0.0442. The maximum absolute atomic E-state index is 11.1. The summed E-state index contributed by atoms with van der Waals surface area (Å²) >= 11 is 0. The van der Waals surface area contributed by atoms with Gasteiger partial charge in [-0.25, -0.2) is 9.78 Å². The number of aliphatic hydroxyl groups excluding tert-OH is 1. The molecule has 7 nitrogen and oxygen atoms in total. The fourth-order valence-electron chi connectivity index (χ4n) is 1.06. The molecule has 0 aromatic carbocycles. The van der Waals surface area contributed by atoms with E-state index in [1.54, 1.807) is 19.2 Å². The van der Waals surface area contributed by atoms with Crippen LogP contribution < -0.4 is 10.1 Å². The number of nitrogens with one attached hydrogen (secondary N) is 1. The monoisotopic (exact) mass is 256 g/mol. The fraction of sp³-hybridized carbons (Fsp3) is 0.455. The minimum atomic E-state index is -0.640. The van der Waals surface area contributed by atoms with E-state index in [2.05, 4.69) is 15.0 Å². The lowest BCUT2D eigenvalue weighted by molar-refractivity contribution is 0.131. The van der Waals surface area contributed by atoms with Crippen LogP contribution in [0, 0.1) is 0 Å². The molecular formula is C11H16N2O5. The highest BCUT2D eigenvalue weighted by Crippen LogP contribution is 2.11. The predicted octanol–water partition coefficient (Wildman–Crippen LogP) is 0.648. The molecule has 100 valence electrons. The third-order valence-corrected chi connectivity index (χ3v) is 1.84. The van der Waals surface area contributed by atoms with E-state index in [4.69, 9.17) is 14.6 Å². The fourth-order valence-corrected chi connectivity index (χ4v) is 1.06. The average molecular weight is 256 g/mol. The summed E-state index contributed by atoms with van der Waals surface area (Å²) < 4.78 is 14.7. The van der Waals surface area contributed by atoms with Gasteiger partial charge in [0.1, 0.15) is 13.2 Å². The van der Waals surface area contributed by atoms with Gasteiger partial charge in [0.15, 0.2) is 0 Å². The van der Waals surface area contributed by atoms with E-state index in [1.165, 1.54) is 6.20 Å². The molecule has 7 heteroatoms. The van der Waals surface area contributed by atoms with Crippen molar-refractivity contribution in [3.8, 4) is 5.88 Å². The van der Waals surface area contributed by atoms with Crippen molar-refractivity contribution in [2.24, 2.45) is 0 Å². The number of hydrogen-bond donors (Lipinski definition) is 2. The highest BCUT2D eigenvalue weighted by Gasteiger charge is 2.03. The summed E-state index contributed by atoms with van der Waals surface area (Å²) in [6, 6.07) is 3.26. The summed E-state index contributed by atoms with van der Waals surface area (Å²) in [5, 5.41) is 10.9. The molecule has 2 N–H and O–H groups in total. The summed E-state index contributed by atoms with van der Waals surface area (Å²) in [7, 11) is 1.59. The van der Waals surface area contributed by atoms with E-state index in [1.807, 2.05) is 0 Å². The van der Waals surface area contributed by atoms with Crippen LogP contribution in [0.1, 0.15) is 0 Å². The van der Waals surface area contributed by atoms with Crippen LogP contribution in [-0.2, 0) is 9.47 Å². The largest absolute Gasteiger partial charge is 0.475 e. The number of anilines is 1. The van der Waals surface area contributed by atoms with Gasteiger partial charge in [0.2, 0.25) is 5.88 Å². The number of hydrogen-bond acceptors (Lipinski definition) is 6. The molecule has 1 rings (SSSR count). The van der Waals surface area contributed by atoms with Crippen molar-refractivity contribution < 1.29 is 24.1 Å². The molecule has 0 unspecified atom stereocenters. The number of pyridine rings is 1. The second-order valence-electron chi connectivity index (χ2n) is 3.21. The van der Waals surface area contributed by atoms with Crippen molar-refractivity contribution in [3.63, 3.8) is 0 Å². The Bertz CT molecular complexity index is 355. The van der Waals surface area contributed by atoms with Gasteiger partial charge in [-0.1, -0.05) is 0 Å². The van der Waals surface area contributed by atoms with E-state index in [9.17, 15) is 4.79 Å². The Labute approximate surface area is 105 Å². The first-order valence-electron chi connectivity index (χ1n) is 5.38. The Kier molecular flexibility index (Phi) is 6.52. The van der Waals surface area contributed by atoms with Gasteiger partial charge < -0.3 is 19.3 Å². The highest BCUT2D eigenvalue weighted by atomic mass is 16.6. The molecular weight excluding hydrogens is 240 g/mol. The van der Waals surface area contributed by atoms with Gasteiger partial charge in [-0.15, -0.1) is 0 Å². The van der Waals surface area contributed by atoms with Crippen molar-refractivity contribution in [1.29, 1.82) is 0 Å². The molecule has 0 atom stereocenters. The lowest BCUT2D eigenvalue weighted by Crippen LogP contribution is -2.15. The van der Waals surface area contributed by atoms with Crippen LogP contribution in [0.15, 0.2) is 18.3 Å². The first kappa shape index (κ1) is 14.2. The molecule has 1 heterocycles. The summed E-state index contributed by atoms with van der Waals surface area (Å²) in [5.74, 6) is 0.446. The zero-order valence-electron chi connectivity index (χ0n) is 10.1. The van der Waals surface area contributed by atoms with Crippen molar-refractivity contribution in [1.82, 2.24) is 4.98 Å². The SMILES string of the molecule is COCCOc1ccc(NC(=O)OCCO)cn1. The van der Waals surface area contributed by atoms with Crippen molar-refractivity contribution >= 4 is 11.8 Å². The number of aliphatic hydroxyl groups is 1. The molecule has 0 saturated carbocycles. The van der Waals surface area contributed by atoms with Gasteiger partial charge in [0.25, 0.3) is 0 Å². The first-order valence-corrected chi connectivity index (χ1v) is 5.38. The number of carbonyl (C=O) groups is 1. The Morgan fingerprint density at radius 3 is 2.83 bits per heavy atom. The molecule has 1 amide bonds. The summed E-state index contributed by atoms with van der Waals surface area (Å²) in [6.07, 6.45) is 0.807. The Morgan fingerprint density at radius 2 is 2.22 bits per heavy atom. The van der Waals surface area contributed by atoms with Gasteiger partial charge in [-0.3, -0.25) is 5.32 Å². The third kappa shape index (κ3) is 5.46. The first-order chi connectivity index (χ1) is 8.76. The Morgan fingerprint density at radius 1 is 1.39 bits per heavy atom. The molecule has 0 fully saturated rings. The number of ether oxygens (including phenoxy) is 3. The zero-order valence-corrected chi connectivity index (χ0v) is 10.1. The molecule has 1 aromatic heterocycles. The summed E-state index contributed by atoms with van der Waals surface area (Å²) in [4.78, 5) is 15.1. The van der Waals surface area contributed by atoms with Gasteiger partial charge in [0, 0.05) is 13.2 Å². The van der Waals surface area contributed by atoms with E-state index in [0.717, 1.165) is 0 Å². The lowest BCUT2D eigenvalue weighted by atomic mass is 10.4. The molecule has 18 heavy (non-hydrogen) atoms. The van der Waals surface area contributed by atoms with E-state index >= 15 is 0 Å². The van der Waals surface area contributed by atoms with Crippen LogP contribution in [0.5, 0.6) is 5.88 Å². The van der Waals surface area contributed by atoms with Crippen LogP contribution >= 0.6 is 0 Å². The number of methoxy groups -OCH3 is 1. The molecule has 0 spiro atoms. The second kappa shape index (κ2) is 8.26. The molecule has 0 aliphatic heterocycles. The van der Waals surface area contributed by atoms with Gasteiger partial charge in [-0.05, 0) is 6.07 Å². The van der Waals surface area contributed by atoms with Gasteiger partial charge >= 0.3 is 6.09 Å². The van der Waals surface area contributed by atoms with Crippen molar-refractivity contribution in [2.75, 3.05) is 38.9 Å². The highest BCUT2D eigenvalue weighted by molar-refractivity contribution is 5.84. The van der Waals surface area contributed by atoms with Gasteiger partial charge in [-0.2, -0.15) is 0 Å². The van der Waals surface area contributed by atoms with E-state index in [0.29, 0.717) is 24.8 Å². The average Bonchev–Trinajstić information content (AvgIpc) is 2.39. The van der Waals surface area contributed by atoms with E-state index < -0.39 is 6.09 Å². The van der Waals surface area contributed by atoms with Gasteiger partial charge in [0.05, 0.1) is 25.1 Å². The zero-order chi connectivity index (χ0) is 13.2. The predicted molar refractivity (Wildman–Crippen MR) is 63.7 cm³/mol. The van der Waals surface area contributed by atoms with Crippen molar-refractivity contribution in [2.45, 2.75) is 0 Å². The minimum Gasteiger partial charge on any atom is -0.475 e. The summed E-state index contributed by atoms with van der Waals surface area (Å²) in [5.41, 5.74) is 0.483. The van der Waals surface area contributed by atoms with Crippen LogP contribution in [-0.4, -0.2) is 49.7 Å². The number of amides is 1. The Balaban J connectivity index is 2.37. The molecule has 0 saturated heterocycles. The van der Waals surface area contributed by atoms with Crippen LogP contribution in [0.2, 0.25) is 0 Å². The lowest BCUT2D eigenvalue weighted by Gasteiger charge is -2.07. The van der Waals surface area contributed by atoms with E-state index in [-0.39, 0.29) is 13.2 Å². The second-order valence-corrected chi connectivity index (χ2v) is 3.21. The number of aromatic nitrogens is 1. The topological polar surface area (TPSA) is 89.9 Å². The standard InChI is InChI=1S/C11H16N2O5/c1-16-6-7-17-10-3-2-9(8-12-10)13-11(15)18-5-4-14/h2-3,8,14H,4-7H2,1H3,(H,13,15). The summed E-state index contributed by atoms with van der Waals surface area (Å²) in [6.45, 7) is 0.638. The molecule has 0 radical (unpaired) electrons. The molecule has 0 aliphatic carbocycles. The van der Waals surface area contributed by atoms with Crippen LogP contribution in [0.4, 0.5) is 10.5 Å². The smallest absolute Gasteiger partial charge is 0.411 e. The van der Waals surface area contributed by atoms with Crippen molar-refractivity contribution in [3.05, 3.63) is 18.3 Å². The maximum Gasteiger partial charge on any atom is 0.411 e. The molecule has 0 bridgehead atoms. The number of nitrogens with zero attached hydrogens (tertiary/aromatic N) is 1. The Hall–Kier alpha value is -1.86. The third-order valence-electron chi connectivity index (χ3n) is 1.84. The molecule has 0 aliphatic rings.